The first-order valence-electron chi connectivity index (χ1n) is 9.49. The largest absolute Gasteiger partial charge is 0.379 e. The van der Waals surface area contributed by atoms with Crippen molar-refractivity contribution in [2.75, 3.05) is 25.5 Å². The van der Waals surface area contributed by atoms with Gasteiger partial charge in [-0.05, 0) is 23.3 Å². The Morgan fingerprint density at radius 3 is 2.62 bits per heavy atom. The van der Waals surface area contributed by atoms with E-state index in [1.807, 2.05) is 54.6 Å². The maximum Gasteiger partial charge on any atom is 0.258 e. The average molecular weight is 408 g/mol. The van der Waals surface area contributed by atoms with Gasteiger partial charge in [-0.2, -0.15) is 0 Å². The van der Waals surface area contributed by atoms with Gasteiger partial charge in [0.1, 0.15) is 5.82 Å². The summed E-state index contributed by atoms with van der Waals surface area (Å²) >= 11 is 6.54. The molecule has 1 aliphatic rings. The molecule has 0 atom stereocenters. The highest BCUT2D eigenvalue weighted by molar-refractivity contribution is 6.37. The Morgan fingerprint density at radius 2 is 1.93 bits per heavy atom. The van der Waals surface area contributed by atoms with Crippen LogP contribution in [0, 0.1) is 0 Å². The van der Waals surface area contributed by atoms with Gasteiger partial charge in [-0.25, -0.2) is 4.98 Å². The van der Waals surface area contributed by atoms with Gasteiger partial charge in [-0.3, -0.25) is 9.69 Å². The number of anilines is 1. The lowest BCUT2D eigenvalue weighted by Gasteiger charge is -2.38. The fourth-order valence-corrected chi connectivity index (χ4v) is 3.70. The first kappa shape index (κ1) is 19.6. The first-order chi connectivity index (χ1) is 14.1. The Balaban J connectivity index is 1.43. The minimum absolute atomic E-state index is 0.279. The van der Waals surface area contributed by atoms with Gasteiger partial charge >= 0.3 is 0 Å². The van der Waals surface area contributed by atoms with Crippen molar-refractivity contribution >= 4 is 23.3 Å². The van der Waals surface area contributed by atoms with Crippen molar-refractivity contribution in [2.45, 2.75) is 12.6 Å². The van der Waals surface area contributed by atoms with E-state index in [0.29, 0.717) is 22.5 Å². The number of likely N-dealkylation sites (tertiary alicyclic amines) is 1. The molecule has 3 aromatic rings. The van der Waals surface area contributed by atoms with Gasteiger partial charge < -0.3 is 10.1 Å². The van der Waals surface area contributed by atoms with Crippen LogP contribution < -0.4 is 5.32 Å². The molecule has 0 unspecified atom stereocenters. The summed E-state index contributed by atoms with van der Waals surface area (Å²) < 4.78 is 5.29. The summed E-state index contributed by atoms with van der Waals surface area (Å²) in [4.78, 5) is 19.4. The number of carbonyl (C=O) groups is 1. The Morgan fingerprint density at radius 1 is 1.14 bits per heavy atom. The van der Waals surface area contributed by atoms with Crippen LogP contribution in [0.3, 0.4) is 0 Å². The molecule has 1 N–H and O–H groups in total. The molecule has 0 saturated carbocycles. The van der Waals surface area contributed by atoms with E-state index in [1.54, 1.807) is 19.4 Å². The zero-order chi connectivity index (χ0) is 20.2. The SMILES string of the molecule is COC1CN(Cc2ccc(NC(=O)c3cccc(-c4ccccc4)c3Cl)nc2)C1. The number of amides is 1. The summed E-state index contributed by atoms with van der Waals surface area (Å²) in [5.74, 6) is 0.219. The molecular formula is C23H22ClN3O2. The molecule has 6 heteroatoms. The van der Waals surface area contributed by atoms with E-state index in [9.17, 15) is 4.79 Å². The maximum atomic E-state index is 12.7. The predicted molar refractivity (Wildman–Crippen MR) is 115 cm³/mol. The Hall–Kier alpha value is -2.73. The van der Waals surface area contributed by atoms with Crippen LogP contribution >= 0.6 is 11.6 Å². The van der Waals surface area contributed by atoms with E-state index in [4.69, 9.17) is 16.3 Å². The molecule has 0 spiro atoms. The van der Waals surface area contributed by atoms with Crippen LogP contribution in [0.25, 0.3) is 11.1 Å². The molecule has 0 aliphatic carbocycles. The molecule has 1 saturated heterocycles. The highest BCUT2D eigenvalue weighted by Gasteiger charge is 2.26. The second-order valence-corrected chi connectivity index (χ2v) is 7.47. The van der Waals surface area contributed by atoms with Crippen molar-refractivity contribution in [3.8, 4) is 11.1 Å². The number of hydrogen-bond acceptors (Lipinski definition) is 4. The summed E-state index contributed by atoms with van der Waals surface area (Å²) in [6.45, 7) is 2.70. The second kappa shape index (κ2) is 8.74. The molecule has 1 amide bonds. The predicted octanol–water partition coefficient (Wildman–Crippen LogP) is 4.48. The van der Waals surface area contributed by atoms with Crippen molar-refractivity contribution in [2.24, 2.45) is 0 Å². The number of pyridine rings is 1. The highest BCUT2D eigenvalue weighted by atomic mass is 35.5. The molecule has 148 valence electrons. The quantitative estimate of drug-likeness (QED) is 0.654. The summed E-state index contributed by atoms with van der Waals surface area (Å²) in [6.07, 6.45) is 2.12. The number of ether oxygens (including phenoxy) is 1. The van der Waals surface area contributed by atoms with Gasteiger partial charge in [-0.15, -0.1) is 0 Å². The number of nitrogens with one attached hydrogen (secondary N) is 1. The number of nitrogens with zero attached hydrogens (tertiary/aromatic N) is 2. The van der Waals surface area contributed by atoms with Crippen molar-refractivity contribution < 1.29 is 9.53 Å². The van der Waals surface area contributed by atoms with Crippen LogP contribution in [0.4, 0.5) is 5.82 Å². The Bertz CT molecular complexity index is 987. The third-order valence-corrected chi connectivity index (χ3v) is 5.46. The molecule has 1 aromatic heterocycles. The van der Waals surface area contributed by atoms with E-state index in [0.717, 1.165) is 36.3 Å². The topological polar surface area (TPSA) is 54.5 Å². The monoisotopic (exact) mass is 407 g/mol. The molecule has 2 heterocycles. The average Bonchev–Trinajstić information content (AvgIpc) is 2.72. The van der Waals surface area contributed by atoms with E-state index in [1.165, 1.54) is 0 Å². The van der Waals surface area contributed by atoms with Crippen molar-refractivity contribution in [1.82, 2.24) is 9.88 Å². The molecule has 1 fully saturated rings. The van der Waals surface area contributed by atoms with Gasteiger partial charge in [0.05, 0.1) is 16.7 Å². The van der Waals surface area contributed by atoms with Gasteiger partial charge in [0.25, 0.3) is 5.91 Å². The molecule has 2 aromatic carbocycles. The van der Waals surface area contributed by atoms with Crippen LogP contribution in [-0.2, 0) is 11.3 Å². The highest BCUT2D eigenvalue weighted by Crippen LogP contribution is 2.31. The Labute approximate surface area is 175 Å². The van der Waals surface area contributed by atoms with Gasteiger partial charge in [-0.1, -0.05) is 60.1 Å². The van der Waals surface area contributed by atoms with Crippen LogP contribution in [0.5, 0.6) is 0 Å². The van der Waals surface area contributed by atoms with E-state index in [-0.39, 0.29) is 5.91 Å². The lowest BCUT2D eigenvalue weighted by Crippen LogP contribution is -2.50. The van der Waals surface area contributed by atoms with E-state index >= 15 is 0 Å². The molecule has 1 aliphatic heterocycles. The number of rotatable bonds is 6. The molecule has 4 rings (SSSR count). The van der Waals surface area contributed by atoms with Crippen molar-refractivity contribution in [1.29, 1.82) is 0 Å². The normalized spacial score (nSPS) is 14.4. The minimum Gasteiger partial charge on any atom is -0.379 e. The third-order valence-electron chi connectivity index (χ3n) is 5.06. The zero-order valence-electron chi connectivity index (χ0n) is 16.1. The second-order valence-electron chi connectivity index (χ2n) is 7.09. The van der Waals surface area contributed by atoms with Crippen molar-refractivity contribution in [3.05, 3.63) is 83.0 Å². The van der Waals surface area contributed by atoms with Crippen LogP contribution in [0.15, 0.2) is 66.9 Å². The number of methoxy groups -OCH3 is 1. The smallest absolute Gasteiger partial charge is 0.258 e. The maximum absolute atomic E-state index is 12.7. The molecule has 29 heavy (non-hydrogen) atoms. The first-order valence-corrected chi connectivity index (χ1v) is 9.87. The van der Waals surface area contributed by atoms with E-state index in [2.05, 4.69) is 15.2 Å². The van der Waals surface area contributed by atoms with Crippen molar-refractivity contribution in [3.63, 3.8) is 0 Å². The third kappa shape index (κ3) is 4.48. The summed E-state index contributed by atoms with van der Waals surface area (Å²) in [5, 5.41) is 3.26. The fourth-order valence-electron chi connectivity index (χ4n) is 3.38. The number of benzene rings is 2. The Kier molecular flexibility index (Phi) is 5.90. The molecular weight excluding hydrogens is 386 g/mol. The number of carbonyl (C=O) groups excluding carboxylic acids is 1. The lowest BCUT2D eigenvalue weighted by atomic mass is 10.0. The van der Waals surface area contributed by atoms with Crippen LogP contribution in [-0.4, -0.2) is 42.1 Å². The molecule has 0 radical (unpaired) electrons. The van der Waals surface area contributed by atoms with Gasteiger partial charge in [0.2, 0.25) is 0 Å². The fraction of sp³-hybridized carbons (Fsp3) is 0.217. The van der Waals surface area contributed by atoms with E-state index < -0.39 is 0 Å². The number of hydrogen-bond donors (Lipinski definition) is 1. The van der Waals surface area contributed by atoms with Crippen LogP contribution in [0.1, 0.15) is 15.9 Å². The standard InChI is InChI=1S/C23H22ClN3O2/c1-29-18-14-27(15-18)13-16-10-11-21(25-12-16)26-23(28)20-9-5-8-19(22(20)24)17-6-3-2-4-7-17/h2-12,18H,13-15H2,1H3,(H,25,26,28). The summed E-state index contributed by atoms with van der Waals surface area (Å²) in [6, 6.07) is 19.0. The zero-order valence-corrected chi connectivity index (χ0v) is 16.9. The van der Waals surface area contributed by atoms with Gasteiger partial charge in [0, 0.05) is 38.5 Å². The minimum atomic E-state index is -0.279. The molecule has 5 nitrogen and oxygen atoms in total. The summed E-state index contributed by atoms with van der Waals surface area (Å²) in [5.41, 5.74) is 3.32. The lowest BCUT2D eigenvalue weighted by molar-refractivity contribution is -0.0334. The number of halogens is 1. The van der Waals surface area contributed by atoms with Gasteiger partial charge in [0.15, 0.2) is 0 Å². The molecule has 0 bridgehead atoms. The summed E-state index contributed by atoms with van der Waals surface area (Å²) in [7, 11) is 1.74. The van der Waals surface area contributed by atoms with Crippen LogP contribution in [0.2, 0.25) is 5.02 Å². The number of aromatic nitrogens is 1.